The number of amides is 1. The smallest absolute Gasteiger partial charge is 0.407 e. The molecule has 26 heavy (non-hydrogen) atoms. The van der Waals surface area contributed by atoms with Crippen molar-refractivity contribution in [3.05, 3.63) is 35.9 Å². The number of aliphatic hydroxyl groups excluding tert-OH is 1. The standard InChI is InChI=1S/C22H37NO3/c1-15(2)13-19(23-21(25)26-22(5,6)7)20(24)14-18(16(3)4)17-11-9-8-10-12-17/h8-12,15-16,18-20,24H,13-14H2,1-7H3,(H,23,25)/t18-,19-,20-/m0/s1. The molecule has 0 spiro atoms. The lowest BCUT2D eigenvalue weighted by Gasteiger charge is -2.31. The summed E-state index contributed by atoms with van der Waals surface area (Å²) in [4.78, 5) is 12.2. The van der Waals surface area contributed by atoms with Crippen molar-refractivity contribution < 1.29 is 14.6 Å². The fourth-order valence-corrected chi connectivity index (χ4v) is 3.20. The van der Waals surface area contributed by atoms with Gasteiger partial charge in [0.2, 0.25) is 0 Å². The number of hydrogen-bond donors (Lipinski definition) is 2. The predicted octanol–water partition coefficient (Wildman–Crippen LogP) is 5.12. The van der Waals surface area contributed by atoms with Gasteiger partial charge in [-0.05, 0) is 56.9 Å². The van der Waals surface area contributed by atoms with E-state index < -0.39 is 17.8 Å². The van der Waals surface area contributed by atoms with Crippen LogP contribution in [0.5, 0.6) is 0 Å². The van der Waals surface area contributed by atoms with Gasteiger partial charge < -0.3 is 15.2 Å². The average molecular weight is 364 g/mol. The molecule has 0 bridgehead atoms. The van der Waals surface area contributed by atoms with E-state index in [9.17, 15) is 9.90 Å². The van der Waals surface area contributed by atoms with E-state index in [0.717, 1.165) is 0 Å². The van der Waals surface area contributed by atoms with E-state index in [1.807, 2.05) is 39.0 Å². The molecule has 0 aromatic heterocycles. The molecule has 1 amide bonds. The molecular formula is C22H37NO3. The topological polar surface area (TPSA) is 58.6 Å². The van der Waals surface area contributed by atoms with Crippen molar-refractivity contribution in [2.45, 2.75) is 85.0 Å². The van der Waals surface area contributed by atoms with E-state index in [1.54, 1.807) is 0 Å². The highest BCUT2D eigenvalue weighted by Crippen LogP contribution is 2.30. The van der Waals surface area contributed by atoms with Gasteiger partial charge in [0.05, 0.1) is 12.1 Å². The summed E-state index contributed by atoms with van der Waals surface area (Å²) in [5, 5.41) is 13.8. The van der Waals surface area contributed by atoms with Crippen LogP contribution in [0, 0.1) is 11.8 Å². The Morgan fingerprint density at radius 1 is 1.08 bits per heavy atom. The molecule has 0 aliphatic heterocycles. The Kier molecular flexibility index (Phi) is 8.61. The van der Waals surface area contributed by atoms with Crippen LogP contribution < -0.4 is 5.32 Å². The number of aliphatic hydroxyl groups is 1. The summed E-state index contributed by atoms with van der Waals surface area (Å²) in [5.74, 6) is 0.994. The maximum absolute atomic E-state index is 12.2. The molecule has 1 aromatic carbocycles. The van der Waals surface area contributed by atoms with Crippen LogP contribution in [0.1, 0.15) is 72.8 Å². The van der Waals surface area contributed by atoms with E-state index in [4.69, 9.17) is 4.74 Å². The van der Waals surface area contributed by atoms with E-state index in [1.165, 1.54) is 5.56 Å². The summed E-state index contributed by atoms with van der Waals surface area (Å²) in [6.07, 6.45) is 0.218. The first kappa shape index (κ1) is 22.5. The van der Waals surface area contributed by atoms with Gasteiger partial charge in [0.25, 0.3) is 0 Å². The van der Waals surface area contributed by atoms with Crippen molar-refractivity contribution >= 4 is 6.09 Å². The maximum atomic E-state index is 12.2. The van der Waals surface area contributed by atoms with Gasteiger partial charge >= 0.3 is 6.09 Å². The van der Waals surface area contributed by atoms with Crippen molar-refractivity contribution in [2.24, 2.45) is 11.8 Å². The second-order valence-corrected chi connectivity index (χ2v) is 8.95. The van der Waals surface area contributed by atoms with Gasteiger partial charge in [-0.3, -0.25) is 0 Å². The third-order valence-corrected chi connectivity index (χ3v) is 4.42. The van der Waals surface area contributed by atoms with Crippen LogP contribution in [0.2, 0.25) is 0 Å². The highest BCUT2D eigenvalue weighted by Gasteiger charge is 2.29. The second-order valence-electron chi connectivity index (χ2n) is 8.95. The molecule has 0 aliphatic carbocycles. The third kappa shape index (κ3) is 8.22. The number of alkyl carbamates (subject to hydrolysis) is 1. The van der Waals surface area contributed by atoms with Gasteiger partial charge in [-0.25, -0.2) is 4.79 Å². The summed E-state index contributed by atoms with van der Waals surface area (Å²) in [5.41, 5.74) is 0.671. The van der Waals surface area contributed by atoms with Gasteiger partial charge in [-0.2, -0.15) is 0 Å². The molecule has 0 saturated heterocycles. The molecule has 0 unspecified atom stereocenters. The average Bonchev–Trinajstić information content (AvgIpc) is 2.50. The molecule has 4 heteroatoms. The molecule has 3 atom stereocenters. The highest BCUT2D eigenvalue weighted by atomic mass is 16.6. The molecule has 4 nitrogen and oxygen atoms in total. The highest BCUT2D eigenvalue weighted by molar-refractivity contribution is 5.68. The third-order valence-electron chi connectivity index (χ3n) is 4.42. The zero-order valence-electron chi connectivity index (χ0n) is 17.5. The van der Waals surface area contributed by atoms with Crippen LogP contribution in [0.15, 0.2) is 30.3 Å². The second kappa shape index (κ2) is 9.96. The van der Waals surface area contributed by atoms with Crippen LogP contribution in [-0.2, 0) is 4.74 Å². The van der Waals surface area contributed by atoms with Crippen molar-refractivity contribution in [3.63, 3.8) is 0 Å². The fourth-order valence-electron chi connectivity index (χ4n) is 3.20. The molecule has 2 N–H and O–H groups in total. The number of rotatable bonds is 8. The van der Waals surface area contributed by atoms with Crippen molar-refractivity contribution in [1.29, 1.82) is 0 Å². The molecule has 0 fully saturated rings. The van der Waals surface area contributed by atoms with E-state index in [0.29, 0.717) is 24.7 Å². The van der Waals surface area contributed by atoms with E-state index in [2.05, 4.69) is 45.1 Å². The molecule has 0 radical (unpaired) electrons. The zero-order chi connectivity index (χ0) is 19.9. The lowest BCUT2D eigenvalue weighted by Crippen LogP contribution is -2.46. The Morgan fingerprint density at radius 3 is 2.12 bits per heavy atom. The predicted molar refractivity (Wildman–Crippen MR) is 107 cm³/mol. The Balaban J connectivity index is 2.86. The molecule has 0 saturated carbocycles. The molecule has 148 valence electrons. The van der Waals surface area contributed by atoms with Crippen LogP contribution >= 0.6 is 0 Å². The van der Waals surface area contributed by atoms with Gasteiger partial charge in [0.1, 0.15) is 5.60 Å². The van der Waals surface area contributed by atoms with E-state index >= 15 is 0 Å². The Bertz CT molecular complexity index is 534. The molecule has 0 heterocycles. The van der Waals surface area contributed by atoms with Gasteiger partial charge in [-0.15, -0.1) is 0 Å². The van der Waals surface area contributed by atoms with Crippen LogP contribution in [0.25, 0.3) is 0 Å². The van der Waals surface area contributed by atoms with Crippen LogP contribution in [0.3, 0.4) is 0 Å². The SMILES string of the molecule is CC(C)C[C@H](NC(=O)OC(C)(C)C)[C@@H](O)C[C@H](c1ccccc1)C(C)C. The Morgan fingerprint density at radius 2 is 1.65 bits per heavy atom. The number of ether oxygens (including phenoxy) is 1. The summed E-state index contributed by atoms with van der Waals surface area (Å²) in [6, 6.07) is 9.95. The van der Waals surface area contributed by atoms with Crippen LogP contribution in [0.4, 0.5) is 4.79 Å². The Labute approximate surface area is 159 Å². The molecule has 1 rings (SSSR count). The minimum Gasteiger partial charge on any atom is -0.444 e. The van der Waals surface area contributed by atoms with Crippen molar-refractivity contribution in [3.8, 4) is 0 Å². The monoisotopic (exact) mass is 363 g/mol. The number of carbonyl (C=O) groups is 1. The first-order valence-electron chi connectivity index (χ1n) is 9.72. The van der Waals surface area contributed by atoms with Gasteiger partial charge in [0.15, 0.2) is 0 Å². The van der Waals surface area contributed by atoms with Gasteiger partial charge in [0, 0.05) is 0 Å². The fraction of sp³-hybridized carbons (Fsp3) is 0.682. The molecule has 1 aromatic rings. The Hall–Kier alpha value is -1.55. The summed E-state index contributed by atoms with van der Waals surface area (Å²) >= 11 is 0. The largest absolute Gasteiger partial charge is 0.444 e. The van der Waals surface area contributed by atoms with Crippen LogP contribution in [-0.4, -0.2) is 28.9 Å². The summed E-state index contributed by atoms with van der Waals surface area (Å²) < 4.78 is 5.38. The number of nitrogens with one attached hydrogen (secondary N) is 1. The minimum atomic E-state index is -0.627. The van der Waals surface area contributed by atoms with Crippen molar-refractivity contribution in [1.82, 2.24) is 5.32 Å². The number of hydrogen-bond acceptors (Lipinski definition) is 3. The minimum absolute atomic E-state index is 0.237. The van der Waals surface area contributed by atoms with Crippen molar-refractivity contribution in [2.75, 3.05) is 0 Å². The summed E-state index contributed by atoms with van der Waals surface area (Å²) in [6.45, 7) is 14.0. The quantitative estimate of drug-likeness (QED) is 0.674. The maximum Gasteiger partial charge on any atom is 0.407 e. The zero-order valence-corrected chi connectivity index (χ0v) is 17.5. The normalized spacial score (nSPS) is 15.6. The lowest BCUT2D eigenvalue weighted by molar-refractivity contribution is 0.0376. The lowest BCUT2D eigenvalue weighted by atomic mass is 9.82. The first-order chi connectivity index (χ1) is 12.0. The first-order valence-corrected chi connectivity index (χ1v) is 9.72. The molecule has 0 aliphatic rings. The number of benzene rings is 1. The summed E-state index contributed by atoms with van der Waals surface area (Å²) in [7, 11) is 0. The van der Waals surface area contributed by atoms with E-state index in [-0.39, 0.29) is 12.0 Å². The van der Waals surface area contributed by atoms with Gasteiger partial charge in [-0.1, -0.05) is 58.0 Å². The number of carbonyl (C=O) groups excluding carboxylic acids is 1. The molecular weight excluding hydrogens is 326 g/mol.